The van der Waals surface area contributed by atoms with Crippen molar-refractivity contribution >= 4 is 17.6 Å². The fraction of sp³-hybridized carbons (Fsp3) is 0.222. The van der Waals surface area contributed by atoms with Crippen LogP contribution in [-0.4, -0.2) is 24.4 Å². The summed E-state index contributed by atoms with van der Waals surface area (Å²) in [6.07, 6.45) is 7.82. The van der Waals surface area contributed by atoms with Gasteiger partial charge in [-0.1, -0.05) is 6.07 Å². The van der Waals surface area contributed by atoms with Crippen LogP contribution >= 0.6 is 0 Å². The van der Waals surface area contributed by atoms with Crippen LogP contribution in [0.4, 0.5) is 0 Å². The Morgan fingerprint density at radius 2 is 2.04 bits per heavy atom. The van der Waals surface area contributed by atoms with Gasteiger partial charge >= 0.3 is 5.69 Å². The first kappa shape index (κ1) is 17.4. The number of nitrogens with one attached hydrogen (secondary N) is 1. The number of aromatic nitrogens is 4. The van der Waals surface area contributed by atoms with E-state index in [0.29, 0.717) is 0 Å². The summed E-state index contributed by atoms with van der Waals surface area (Å²) in [6, 6.07) is 3.91. The summed E-state index contributed by atoms with van der Waals surface area (Å²) in [7, 11) is 2.94. The van der Waals surface area contributed by atoms with Gasteiger partial charge in [-0.3, -0.25) is 14.2 Å². The number of fused-ring (bicyclic) bond motifs is 1. The van der Waals surface area contributed by atoms with Crippen LogP contribution < -0.4 is 16.6 Å². The van der Waals surface area contributed by atoms with E-state index in [4.69, 9.17) is 0 Å². The summed E-state index contributed by atoms with van der Waals surface area (Å²) in [5.74, 6) is -0.352. The third-order valence-corrected chi connectivity index (χ3v) is 4.06. The SMILES string of the molecule is Cc1cccn2cc(CNC(=O)/C=C/c3cn(C)c(=O)n(C)c3=O)nc12. The number of rotatable bonds is 4. The van der Waals surface area contributed by atoms with Gasteiger partial charge in [0.2, 0.25) is 5.91 Å². The maximum atomic E-state index is 12.0. The van der Waals surface area contributed by atoms with Crippen LogP contribution in [0.15, 0.2) is 46.4 Å². The lowest BCUT2D eigenvalue weighted by molar-refractivity contribution is -0.116. The summed E-state index contributed by atoms with van der Waals surface area (Å²) in [4.78, 5) is 40.2. The summed E-state index contributed by atoms with van der Waals surface area (Å²) in [5.41, 5.74) is 2.02. The molecule has 26 heavy (non-hydrogen) atoms. The molecule has 0 atom stereocenters. The predicted molar refractivity (Wildman–Crippen MR) is 97.7 cm³/mol. The Kier molecular flexibility index (Phi) is 4.57. The topological polar surface area (TPSA) is 90.4 Å². The average molecular weight is 353 g/mol. The lowest BCUT2D eigenvalue weighted by atomic mass is 10.3. The molecule has 134 valence electrons. The van der Waals surface area contributed by atoms with Crippen LogP contribution in [0.2, 0.25) is 0 Å². The quantitative estimate of drug-likeness (QED) is 0.686. The largest absolute Gasteiger partial charge is 0.347 e. The van der Waals surface area contributed by atoms with Crippen LogP contribution in [0, 0.1) is 6.92 Å². The molecular formula is C18H19N5O3. The van der Waals surface area contributed by atoms with E-state index in [1.807, 2.05) is 35.9 Å². The Labute approximate surface area is 149 Å². The molecule has 0 bridgehead atoms. The van der Waals surface area contributed by atoms with E-state index < -0.39 is 11.2 Å². The first-order valence-corrected chi connectivity index (χ1v) is 8.02. The van der Waals surface area contributed by atoms with E-state index in [0.717, 1.165) is 21.5 Å². The molecule has 3 aromatic rings. The zero-order valence-corrected chi connectivity index (χ0v) is 14.8. The van der Waals surface area contributed by atoms with E-state index in [9.17, 15) is 14.4 Å². The van der Waals surface area contributed by atoms with Crippen molar-refractivity contribution in [3.63, 3.8) is 0 Å². The number of hydrogen-bond donors (Lipinski definition) is 1. The van der Waals surface area contributed by atoms with Gasteiger partial charge in [0.25, 0.3) is 5.56 Å². The highest BCUT2D eigenvalue weighted by Crippen LogP contribution is 2.09. The molecule has 0 fully saturated rings. The van der Waals surface area contributed by atoms with Crippen molar-refractivity contribution in [1.29, 1.82) is 0 Å². The molecule has 0 aliphatic carbocycles. The monoisotopic (exact) mass is 353 g/mol. The second-order valence-corrected chi connectivity index (χ2v) is 6.05. The van der Waals surface area contributed by atoms with Gasteiger partial charge in [0.1, 0.15) is 5.65 Å². The normalized spacial score (nSPS) is 11.3. The molecule has 8 heteroatoms. The summed E-state index contributed by atoms with van der Waals surface area (Å²) >= 11 is 0. The Bertz CT molecular complexity index is 1130. The molecule has 8 nitrogen and oxygen atoms in total. The van der Waals surface area contributed by atoms with Crippen LogP contribution in [0.25, 0.3) is 11.7 Å². The number of hydrogen-bond acceptors (Lipinski definition) is 4. The Morgan fingerprint density at radius 1 is 1.27 bits per heavy atom. The number of carbonyl (C=O) groups excluding carboxylic acids is 1. The maximum absolute atomic E-state index is 12.0. The van der Waals surface area contributed by atoms with Crippen molar-refractivity contribution in [2.24, 2.45) is 14.1 Å². The van der Waals surface area contributed by atoms with Gasteiger partial charge in [0, 0.05) is 38.8 Å². The molecule has 0 radical (unpaired) electrons. The molecule has 0 saturated heterocycles. The molecule has 0 spiro atoms. The molecule has 3 rings (SSSR count). The van der Waals surface area contributed by atoms with E-state index in [2.05, 4.69) is 10.3 Å². The van der Waals surface area contributed by atoms with Crippen LogP contribution in [0.5, 0.6) is 0 Å². The highest BCUT2D eigenvalue weighted by molar-refractivity contribution is 5.91. The standard InChI is InChI=1S/C18H19N5O3/c1-12-5-4-8-23-11-14(20-16(12)23)9-19-15(24)7-6-13-10-21(2)18(26)22(3)17(13)25/h4-8,10-11H,9H2,1-3H3,(H,19,24)/b7-6+. The van der Waals surface area contributed by atoms with Gasteiger partial charge in [0.05, 0.1) is 17.8 Å². The Balaban J connectivity index is 1.71. The van der Waals surface area contributed by atoms with Crippen molar-refractivity contribution in [3.8, 4) is 0 Å². The van der Waals surface area contributed by atoms with Crippen molar-refractivity contribution in [2.75, 3.05) is 0 Å². The maximum Gasteiger partial charge on any atom is 0.330 e. The van der Waals surface area contributed by atoms with Crippen molar-refractivity contribution < 1.29 is 4.79 Å². The van der Waals surface area contributed by atoms with Crippen LogP contribution in [-0.2, 0) is 25.4 Å². The van der Waals surface area contributed by atoms with Crippen LogP contribution in [0.1, 0.15) is 16.8 Å². The Morgan fingerprint density at radius 3 is 2.77 bits per heavy atom. The van der Waals surface area contributed by atoms with E-state index in [1.165, 1.54) is 30.0 Å². The summed E-state index contributed by atoms with van der Waals surface area (Å²) in [5, 5.41) is 2.73. The molecule has 3 heterocycles. The molecule has 0 aliphatic heterocycles. The van der Waals surface area contributed by atoms with Gasteiger partial charge in [-0.15, -0.1) is 0 Å². The first-order valence-electron chi connectivity index (χ1n) is 8.02. The lowest BCUT2D eigenvalue weighted by Crippen LogP contribution is -2.37. The third-order valence-electron chi connectivity index (χ3n) is 4.06. The minimum absolute atomic E-state index is 0.258. The fourth-order valence-electron chi connectivity index (χ4n) is 2.64. The summed E-state index contributed by atoms with van der Waals surface area (Å²) in [6.45, 7) is 2.25. The molecular weight excluding hydrogens is 334 g/mol. The van der Waals surface area contributed by atoms with E-state index in [1.54, 1.807) is 7.05 Å². The average Bonchev–Trinajstić information content (AvgIpc) is 3.04. The van der Waals surface area contributed by atoms with Gasteiger partial charge in [-0.25, -0.2) is 9.78 Å². The molecule has 0 saturated carbocycles. The number of aryl methyl sites for hydroxylation is 2. The number of imidazole rings is 1. The minimum atomic E-state index is -0.451. The zero-order valence-electron chi connectivity index (χ0n) is 14.8. The molecule has 0 unspecified atom stereocenters. The zero-order chi connectivity index (χ0) is 18.8. The predicted octanol–water partition coefficient (Wildman–Crippen LogP) is 0.370. The molecule has 0 aliphatic rings. The van der Waals surface area contributed by atoms with Crippen molar-refractivity contribution in [2.45, 2.75) is 13.5 Å². The number of amides is 1. The number of carbonyl (C=O) groups is 1. The number of nitrogens with zero attached hydrogens (tertiary/aromatic N) is 4. The van der Waals surface area contributed by atoms with Gasteiger partial charge in [-0.05, 0) is 24.6 Å². The molecule has 3 aromatic heterocycles. The molecule has 0 aromatic carbocycles. The van der Waals surface area contributed by atoms with Crippen LogP contribution in [0.3, 0.4) is 0 Å². The first-order chi connectivity index (χ1) is 12.4. The molecule has 1 N–H and O–H groups in total. The van der Waals surface area contributed by atoms with Crippen molar-refractivity contribution in [3.05, 3.63) is 74.5 Å². The van der Waals surface area contributed by atoms with Gasteiger partial charge in [-0.2, -0.15) is 0 Å². The second kappa shape index (κ2) is 6.83. The highest BCUT2D eigenvalue weighted by atomic mass is 16.2. The Hall–Kier alpha value is -3.42. The highest BCUT2D eigenvalue weighted by Gasteiger charge is 2.06. The third kappa shape index (κ3) is 3.34. The number of pyridine rings is 1. The smallest absolute Gasteiger partial charge is 0.330 e. The lowest BCUT2D eigenvalue weighted by Gasteiger charge is -2.03. The van der Waals surface area contributed by atoms with Crippen molar-refractivity contribution in [1.82, 2.24) is 23.8 Å². The van der Waals surface area contributed by atoms with Gasteiger partial charge in [0.15, 0.2) is 0 Å². The van der Waals surface area contributed by atoms with Gasteiger partial charge < -0.3 is 14.3 Å². The second-order valence-electron chi connectivity index (χ2n) is 6.05. The minimum Gasteiger partial charge on any atom is -0.347 e. The van der Waals surface area contributed by atoms with E-state index in [-0.39, 0.29) is 18.0 Å². The fourth-order valence-corrected chi connectivity index (χ4v) is 2.64. The summed E-state index contributed by atoms with van der Waals surface area (Å²) < 4.78 is 4.19. The molecule has 1 amide bonds. The van der Waals surface area contributed by atoms with E-state index >= 15 is 0 Å².